The first-order chi connectivity index (χ1) is 4.46. The molecule has 0 rings (SSSR count). The fraction of sp³-hybridized carbons (Fsp3) is 1.00. The van der Waals surface area contributed by atoms with Gasteiger partial charge in [-0.15, -0.1) is 12.4 Å². The van der Waals surface area contributed by atoms with Crippen molar-refractivity contribution in [2.75, 3.05) is 28.2 Å². The van der Waals surface area contributed by atoms with E-state index in [0.717, 1.165) is 0 Å². The van der Waals surface area contributed by atoms with E-state index in [4.69, 9.17) is 0 Å². The second-order valence-corrected chi connectivity index (χ2v) is 3.41. The van der Waals surface area contributed by atoms with E-state index in [0.29, 0.717) is 12.1 Å². The first-order valence-electron chi connectivity index (χ1n) is 3.79. The molecule has 0 aliphatic carbocycles. The van der Waals surface area contributed by atoms with Crippen molar-refractivity contribution in [3.05, 3.63) is 0 Å². The summed E-state index contributed by atoms with van der Waals surface area (Å²) < 4.78 is 0. The van der Waals surface area contributed by atoms with Gasteiger partial charge in [0.15, 0.2) is 0 Å². The van der Waals surface area contributed by atoms with Gasteiger partial charge in [-0.25, -0.2) is 0 Å². The Morgan fingerprint density at radius 3 is 1.00 bits per heavy atom. The van der Waals surface area contributed by atoms with Crippen LogP contribution in [-0.4, -0.2) is 50.1 Å². The molecule has 0 spiro atoms. The van der Waals surface area contributed by atoms with Crippen LogP contribution >= 0.6 is 12.4 Å². The minimum absolute atomic E-state index is 0. The SMILES string of the molecule is CC(C(C)N(C)C)N(C)C.Cl. The molecule has 2 unspecified atom stereocenters. The van der Waals surface area contributed by atoms with Crippen LogP contribution in [0.1, 0.15) is 13.8 Å². The molecule has 0 bridgehead atoms. The highest BCUT2D eigenvalue weighted by atomic mass is 35.5. The summed E-state index contributed by atoms with van der Waals surface area (Å²) in [6.07, 6.45) is 0. The average Bonchev–Trinajstić information content (AvgIpc) is 1.84. The molecule has 11 heavy (non-hydrogen) atoms. The maximum Gasteiger partial charge on any atom is 0.0214 e. The third-order valence-electron chi connectivity index (χ3n) is 2.33. The number of nitrogens with zero attached hydrogens (tertiary/aromatic N) is 2. The number of rotatable bonds is 3. The molecule has 0 saturated carbocycles. The van der Waals surface area contributed by atoms with Crippen molar-refractivity contribution in [3.8, 4) is 0 Å². The van der Waals surface area contributed by atoms with E-state index in [1.54, 1.807) is 0 Å². The Hall–Kier alpha value is 0.210. The van der Waals surface area contributed by atoms with Crippen LogP contribution in [0.25, 0.3) is 0 Å². The monoisotopic (exact) mass is 180 g/mol. The molecule has 0 amide bonds. The van der Waals surface area contributed by atoms with E-state index in [2.05, 4.69) is 51.8 Å². The molecule has 0 aromatic heterocycles. The lowest BCUT2D eigenvalue weighted by Crippen LogP contribution is -2.42. The lowest BCUT2D eigenvalue weighted by atomic mass is 10.1. The van der Waals surface area contributed by atoms with Crippen LogP contribution in [0.3, 0.4) is 0 Å². The van der Waals surface area contributed by atoms with Crippen molar-refractivity contribution in [2.24, 2.45) is 0 Å². The first-order valence-corrected chi connectivity index (χ1v) is 3.79. The highest BCUT2D eigenvalue weighted by Gasteiger charge is 2.14. The summed E-state index contributed by atoms with van der Waals surface area (Å²) in [5, 5.41) is 0. The van der Waals surface area contributed by atoms with Gasteiger partial charge in [0.1, 0.15) is 0 Å². The van der Waals surface area contributed by atoms with E-state index in [9.17, 15) is 0 Å². The maximum absolute atomic E-state index is 2.24. The molecule has 3 heteroatoms. The molecule has 0 aromatic carbocycles. The Kier molecular flexibility index (Phi) is 7.28. The molecule has 2 atom stereocenters. The van der Waals surface area contributed by atoms with Crippen molar-refractivity contribution in [1.82, 2.24) is 9.80 Å². The molecule has 0 aliphatic heterocycles. The summed E-state index contributed by atoms with van der Waals surface area (Å²) in [5.41, 5.74) is 0. The minimum Gasteiger partial charge on any atom is -0.305 e. The third-order valence-corrected chi connectivity index (χ3v) is 2.33. The Bertz CT molecular complexity index is 82.1. The Morgan fingerprint density at radius 1 is 0.727 bits per heavy atom. The van der Waals surface area contributed by atoms with Crippen molar-refractivity contribution in [3.63, 3.8) is 0 Å². The quantitative estimate of drug-likeness (QED) is 0.647. The van der Waals surface area contributed by atoms with E-state index in [1.807, 2.05) is 0 Å². The number of halogens is 1. The summed E-state index contributed by atoms with van der Waals surface area (Å²) in [5.74, 6) is 0. The zero-order chi connectivity index (χ0) is 8.31. The molecular formula is C8H21ClN2. The lowest BCUT2D eigenvalue weighted by molar-refractivity contribution is 0.176. The molecule has 0 saturated heterocycles. The van der Waals surface area contributed by atoms with E-state index in [-0.39, 0.29) is 12.4 Å². The van der Waals surface area contributed by atoms with Crippen LogP contribution in [0.4, 0.5) is 0 Å². The predicted octanol–water partition coefficient (Wildman–Crippen LogP) is 1.31. The number of likely N-dealkylation sites (N-methyl/N-ethyl adjacent to an activating group) is 2. The average molecular weight is 181 g/mol. The Balaban J connectivity index is 0. The summed E-state index contributed by atoms with van der Waals surface area (Å²) in [7, 11) is 8.46. The molecule has 0 fully saturated rings. The van der Waals surface area contributed by atoms with Gasteiger partial charge in [0.2, 0.25) is 0 Å². The number of hydrogen-bond acceptors (Lipinski definition) is 2. The largest absolute Gasteiger partial charge is 0.305 e. The van der Waals surface area contributed by atoms with Gasteiger partial charge < -0.3 is 9.80 Å². The molecule has 0 N–H and O–H groups in total. The molecular weight excluding hydrogens is 160 g/mol. The molecule has 0 heterocycles. The second kappa shape index (κ2) is 5.81. The molecule has 2 nitrogen and oxygen atoms in total. The van der Waals surface area contributed by atoms with Gasteiger partial charge in [-0.3, -0.25) is 0 Å². The summed E-state index contributed by atoms with van der Waals surface area (Å²) in [4.78, 5) is 4.48. The third kappa shape index (κ3) is 4.62. The normalized spacial score (nSPS) is 16.4. The topological polar surface area (TPSA) is 6.48 Å². The van der Waals surface area contributed by atoms with Gasteiger partial charge in [0, 0.05) is 12.1 Å². The fourth-order valence-corrected chi connectivity index (χ4v) is 0.863. The van der Waals surface area contributed by atoms with Gasteiger partial charge >= 0.3 is 0 Å². The highest BCUT2D eigenvalue weighted by molar-refractivity contribution is 5.85. The smallest absolute Gasteiger partial charge is 0.0214 e. The van der Waals surface area contributed by atoms with Crippen molar-refractivity contribution >= 4 is 12.4 Å². The zero-order valence-electron chi connectivity index (χ0n) is 8.46. The highest BCUT2D eigenvalue weighted by Crippen LogP contribution is 2.03. The molecule has 0 aliphatic rings. The van der Waals surface area contributed by atoms with Crippen LogP contribution in [0.5, 0.6) is 0 Å². The van der Waals surface area contributed by atoms with E-state index < -0.39 is 0 Å². The van der Waals surface area contributed by atoms with Crippen molar-refractivity contribution in [1.29, 1.82) is 0 Å². The Morgan fingerprint density at radius 2 is 0.909 bits per heavy atom. The predicted molar refractivity (Wildman–Crippen MR) is 53.5 cm³/mol. The minimum atomic E-state index is 0. The van der Waals surface area contributed by atoms with Crippen LogP contribution in [0.2, 0.25) is 0 Å². The van der Waals surface area contributed by atoms with Gasteiger partial charge in [-0.2, -0.15) is 0 Å². The molecule has 0 aromatic rings. The van der Waals surface area contributed by atoms with Crippen LogP contribution in [0.15, 0.2) is 0 Å². The lowest BCUT2D eigenvalue weighted by Gasteiger charge is -2.31. The van der Waals surface area contributed by atoms with Crippen molar-refractivity contribution < 1.29 is 0 Å². The number of hydrogen-bond donors (Lipinski definition) is 0. The van der Waals surface area contributed by atoms with E-state index in [1.165, 1.54) is 0 Å². The fourth-order valence-electron chi connectivity index (χ4n) is 0.863. The Labute approximate surface area is 77.0 Å². The van der Waals surface area contributed by atoms with E-state index >= 15 is 0 Å². The standard InChI is InChI=1S/C8H20N2.ClH/c1-7(9(3)4)8(2)10(5)6;/h7-8H,1-6H3;1H. The van der Waals surface area contributed by atoms with Gasteiger partial charge in [0.25, 0.3) is 0 Å². The summed E-state index contributed by atoms with van der Waals surface area (Å²) in [6, 6.07) is 1.24. The van der Waals surface area contributed by atoms with Gasteiger partial charge in [-0.05, 0) is 42.0 Å². The summed E-state index contributed by atoms with van der Waals surface area (Å²) in [6.45, 7) is 4.48. The zero-order valence-corrected chi connectivity index (χ0v) is 9.27. The molecule has 70 valence electrons. The first kappa shape index (κ1) is 13.8. The summed E-state index contributed by atoms with van der Waals surface area (Å²) >= 11 is 0. The maximum atomic E-state index is 2.24. The van der Waals surface area contributed by atoms with Gasteiger partial charge in [-0.1, -0.05) is 0 Å². The van der Waals surface area contributed by atoms with Crippen LogP contribution < -0.4 is 0 Å². The van der Waals surface area contributed by atoms with Gasteiger partial charge in [0.05, 0.1) is 0 Å². The molecule has 0 radical (unpaired) electrons. The second-order valence-electron chi connectivity index (χ2n) is 3.41. The van der Waals surface area contributed by atoms with Crippen molar-refractivity contribution in [2.45, 2.75) is 25.9 Å². The van der Waals surface area contributed by atoms with Crippen LogP contribution in [-0.2, 0) is 0 Å². The van der Waals surface area contributed by atoms with Crippen LogP contribution in [0, 0.1) is 0 Å².